The van der Waals surface area contributed by atoms with Gasteiger partial charge in [-0.15, -0.1) is 0 Å². The second kappa shape index (κ2) is 5.44. The summed E-state index contributed by atoms with van der Waals surface area (Å²) in [7, 11) is 0. The van der Waals surface area contributed by atoms with Gasteiger partial charge in [0.1, 0.15) is 0 Å². The first-order valence-electron chi connectivity index (χ1n) is 5.56. The van der Waals surface area contributed by atoms with E-state index >= 15 is 0 Å². The van der Waals surface area contributed by atoms with Crippen molar-refractivity contribution < 1.29 is 19.8 Å². The number of carbonyl (C=O) groups excluding carboxylic acids is 1. The molecule has 0 spiro atoms. The van der Waals surface area contributed by atoms with Gasteiger partial charge in [0.2, 0.25) is 0 Å². The Morgan fingerprint density at radius 3 is 2.95 bits per heavy atom. The molecule has 2 heterocycles. The number of rotatable bonds is 5. The third kappa shape index (κ3) is 2.86. The minimum atomic E-state index is -1.48. The molecule has 8 nitrogen and oxygen atoms in total. The standard InChI is InChI=1S/C11H12N4O4/c16-9(11(18)19)1-2-13-10(17)7-5-14-15-4-3-12-6-8(7)15/h3-6,9,16H,1-2H2,(H,13,17)(H,18,19)/t9-/m0/s1. The lowest BCUT2D eigenvalue weighted by Gasteiger charge is -2.06. The van der Waals surface area contributed by atoms with E-state index in [1.807, 2.05) is 0 Å². The fraction of sp³-hybridized carbons (Fsp3) is 0.273. The highest BCUT2D eigenvalue weighted by molar-refractivity contribution is 6.00. The number of hydrogen-bond donors (Lipinski definition) is 3. The molecule has 1 atom stereocenters. The van der Waals surface area contributed by atoms with Crippen molar-refractivity contribution in [3.8, 4) is 0 Å². The maximum atomic E-state index is 11.8. The van der Waals surface area contributed by atoms with Gasteiger partial charge in [-0.2, -0.15) is 5.10 Å². The molecule has 19 heavy (non-hydrogen) atoms. The number of fused-ring (bicyclic) bond motifs is 1. The number of aliphatic hydroxyl groups is 1. The molecule has 0 saturated heterocycles. The number of carbonyl (C=O) groups is 2. The van der Waals surface area contributed by atoms with Crippen LogP contribution in [0.3, 0.4) is 0 Å². The molecule has 1 amide bonds. The first-order chi connectivity index (χ1) is 9.09. The summed E-state index contributed by atoms with van der Waals surface area (Å²) in [5, 5.41) is 24.1. The summed E-state index contributed by atoms with van der Waals surface area (Å²) in [4.78, 5) is 26.1. The predicted molar refractivity (Wildman–Crippen MR) is 63.6 cm³/mol. The number of carboxylic acid groups (broad SMARTS) is 1. The van der Waals surface area contributed by atoms with Crippen LogP contribution in [0.4, 0.5) is 0 Å². The molecule has 0 unspecified atom stereocenters. The van der Waals surface area contributed by atoms with Crippen LogP contribution in [0.1, 0.15) is 16.8 Å². The molecular formula is C11H12N4O4. The molecule has 0 radical (unpaired) electrons. The van der Waals surface area contributed by atoms with E-state index in [-0.39, 0.29) is 18.9 Å². The summed E-state index contributed by atoms with van der Waals surface area (Å²) in [6.07, 6.45) is 4.53. The van der Waals surface area contributed by atoms with Gasteiger partial charge in [0.15, 0.2) is 6.10 Å². The Balaban J connectivity index is 1.99. The van der Waals surface area contributed by atoms with Crippen LogP contribution in [0.2, 0.25) is 0 Å². The number of carboxylic acids is 1. The number of amides is 1. The lowest BCUT2D eigenvalue weighted by atomic mass is 10.2. The Morgan fingerprint density at radius 1 is 1.42 bits per heavy atom. The van der Waals surface area contributed by atoms with Crippen molar-refractivity contribution in [1.29, 1.82) is 0 Å². The molecule has 2 rings (SSSR count). The lowest BCUT2D eigenvalue weighted by molar-refractivity contribution is -0.146. The molecule has 0 fully saturated rings. The molecule has 0 aromatic carbocycles. The van der Waals surface area contributed by atoms with Gasteiger partial charge >= 0.3 is 5.97 Å². The summed E-state index contributed by atoms with van der Waals surface area (Å²) in [6.45, 7) is 0.0594. The molecule has 0 aliphatic heterocycles. The Kier molecular flexibility index (Phi) is 3.71. The fourth-order valence-electron chi connectivity index (χ4n) is 1.55. The molecule has 3 N–H and O–H groups in total. The number of nitrogens with one attached hydrogen (secondary N) is 1. The number of aromatic nitrogens is 3. The van der Waals surface area contributed by atoms with E-state index in [0.717, 1.165) is 0 Å². The average Bonchev–Trinajstić information content (AvgIpc) is 2.82. The van der Waals surface area contributed by atoms with E-state index in [9.17, 15) is 9.59 Å². The topological polar surface area (TPSA) is 117 Å². The first kappa shape index (κ1) is 13.0. The van der Waals surface area contributed by atoms with Gasteiger partial charge < -0.3 is 15.5 Å². The zero-order valence-corrected chi connectivity index (χ0v) is 9.85. The normalized spacial score (nSPS) is 12.3. The van der Waals surface area contributed by atoms with E-state index in [0.29, 0.717) is 11.1 Å². The first-order valence-corrected chi connectivity index (χ1v) is 5.56. The molecule has 2 aromatic rings. The van der Waals surface area contributed by atoms with Gasteiger partial charge in [-0.05, 0) is 0 Å². The SMILES string of the molecule is O=C(NCC[C@H](O)C(=O)O)c1cnn2ccncc12. The van der Waals surface area contributed by atoms with E-state index in [2.05, 4.69) is 15.4 Å². The molecule has 2 aromatic heterocycles. The summed E-state index contributed by atoms with van der Waals surface area (Å²) in [5.74, 6) is -1.70. The molecule has 8 heteroatoms. The van der Waals surface area contributed by atoms with Crippen LogP contribution in [-0.2, 0) is 4.79 Å². The van der Waals surface area contributed by atoms with Gasteiger partial charge in [0.05, 0.1) is 23.5 Å². The number of aliphatic hydroxyl groups excluding tert-OH is 1. The largest absolute Gasteiger partial charge is 0.479 e. The monoisotopic (exact) mass is 264 g/mol. The van der Waals surface area contributed by atoms with Crippen molar-refractivity contribution in [2.24, 2.45) is 0 Å². The van der Waals surface area contributed by atoms with E-state index in [1.54, 1.807) is 12.4 Å². The highest BCUT2D eigenvalue weighted by atomic mass is 16.4. The highest BCUT2D eigenvalue weighted by Gasteiger charge is 2.15. The lowest BCUT2D eigenvalue weighted by Crippen LogP contribution is -2.30. The molecule has 0 bridgehead atoms. The van der Waals surface area contributed by atoms with Crippen molar-refractivity contribution in [3.05, 3.63) is 30.4 Å². The molecule has 100 valence electrons. The van der Waals surface area contributed by atoms with Gasteiger partial charge in [-0.1, -0.05) is 0 Å². The maximum absolute atomic E-state index is 11.8. The third-order valence-corrected chi connectivity index (χ3v) is 2.56. The molecule has 0 aliphatic rings. The zero-order valence-electron chi connectivity index (χ0n) is 9.85. The Hall–Kier alpha value is -2.48. The van der Waals surface area contributed by atoms with Crippen molar-refractivity contribution >= 4 is 17.4 Å². The zero-order chi connectivity index (χ0) is 13.8. The van der Waals surface area contributed by atoms with Crippen molar-refractivity contribution in [2.45, 2.75) is 12.5 Å². The van der Waals surface area contributed by atoms with Gasteiger partial charge in [-0.25, -0.2) is 9.31 Å². The Bertz CT molecular complexity index is 610. The number of aliphatic carboxylic acids is 1. The van der Waals surface area contributed by atoms with Crippen molar-refractivity contribution in [1.82, 2.24) is 19.9 Å². The third-order valence-electron chi connectivity index (χ3n) is 2.56. The highest BCUT2D eigenvalue weighted by Crippen LogP contribution is 2.08. The summed E-state index contributed by atoms with van der Waals surface area (Å²) >= 11 is 0. The molecule has 0 saturated carbocycles. The Morgan fingerprint density at radius 2 is 2.21 bits per heavy atom. The second-order valence-electron chi connectivity index (χ2n) is 3.86. The van der Waals surface area contributed by atoms with Gasteiger partial charge in [0.25, 0.3) is 5.91 Å². The maximum Gasteiger partial charge on any atom is 0.332 e. The van der Waals surface area contributed by atoms with Gasteiger partial charge in [-0.3, -0.25) is 9.78 Å². The van der Waals surface area contributed by atoms with Crippen LogP contribution in [0.5, 0.6) is 0 Å². The fourth-order valence-corrected chi connectivity index (χ4v) is 1.55. The van der Waals surface area contributed by atoms with Crippen LogP contribution in [0, 0.1) is 0 Å². The van der Waals surface area contributed by atoms with Crippen LogP contribution < -0.4 is 5.32 Å². The van der Waals surface area contributed by atoms with Crippen molar-refractivity contribution in [3.63, 3.8) is 0 Å². The number of hydrogen-bond acceptors (Lipinski definition) is 5. The van der Waals surface area contributed by atoms with Gasteiger partial charge in [0, 0.05) is 25.4 Å². The van der Waals surface area contributed by atoms with Crippen molar-refractivity contribution in [2.75, 3.05) is 6.54 Å². The van der Waals surface area contributed by atoms with Crippen LogP contribution >= 0.6 is 0 Å². The van der Waals surface area contributed by atoms with Crippen LogP contribution in [-0.4, -0.2) is 49.3 Å². The second-order valence-corrected chi connectivity index (χ2v) is 3.86. The average molecular weight is 264 g/mol. The molecular weight excluding hydrogens is 252 g/mol. The van der Waals surface area contributed by atoms with E-state index < -0.39 is 12.1 Å². The minimum Gasteiger partial charge on any atom is -0.479 e. The predicted octanol–water partition coefficient (Wildman–Crippen LogP) is -0.705. The van der Waals surface area contributed by atoms with E-state index in [4.69, 9.17) is 10.2 Å². The van der Waals surface area contributed by atoms with E-state index in [1.165, 1.54) is 16.9 Å². The number of nitrogens with zero attached hydrogens (tertiary/aromatic N) is 3. The summed E-state index contributed by atoms with van der Waals surface area (Å²) < 4.78 is 1.51. The summed E-state index contributed by atoms with van der Waals surface area (Å²) in [6, 6.07) is 0. The Labute approximate surface area is 107 Å². The van der Waals surface area contributed by atoms with Crippen LogP contribution in [0.25, 0.3) is 5.52 Å². The summed E-state index contributed by atoms with van der Waals surface area (Å²) in [5.41, 5.74) is 0.900. The minimum absolute atomic E-state index is 0.0570. The smallest absolute Gasteiger partial charge is 0.332 e. The van der Waals surface area contributed by atoms with Crippen LogP contribution in [0.15, 0.2) is 24.8 Å². The molecule has 0 aliphatic carbocycles. The quantitative estimate of drug-likeness (QED) is 0.657.